The molecule has 6 aromatic rings. The Morgan fingerprint density at radius 3 is 1.55 bits per heavy atom. The first-order valence-corrected chi connectivity index (χ1v) is 17.6. The van der Waals surface area contributed by atoms with Crippen LogP contribution in [-0.2, 0) is 5.41 Å². The van der Waals surface area contributed by atoms with E-state index in [1.807, 2.05) is 72.8 Å². The molecule has 0 saturated heterocycles. The summed E-state index contributed by atoms with van der Waals surface area (Å²) in [6, 6.07) is 46.2. The smallest absolute Gasteiger partial charge is 0.164 e. The molecule has 0 aliphatic heterocycles. The Bertz CT molecular complexity index is 2050. The molecule has 0 spiro atoms. The molecule has 4 nitrogen and oxygen atoms in total. The molecule has 49 heavy (non-hydrogen) atoms. The molecule has 4 heteroatoms. The van der Waals surface area contributed by atoms with E-state index in [2.05, 4.69) is 74.5 Å². The summed E-state index contributed by atoms with van der Waals surface area (Å²) in [4.78, 5) is 14.7. The Morgan fingerprint density at radius 2 is 1.02 bits per heavy atom. The summed E-state index contributed by atoms with van der Waals surface area (Å²) in [6.45, 7) is 4.94. The summed E-state index contributed by atoms with van der Waals surface area (Å²) >= 11 is 0. The van der Waals surface area contributed by atoms with Gasteiger partial charge in [0, 0.05) is 16.7 Å². The van der Waals surface area contributed by atoms with Crippen molar-refractivity contribution in [3.63, 3.8) is 0 Å². The molecule has 2 bridgehead atoms. The highest BCUT2D eigenvalue weighted by Crippen LogP contribution is 2.52. The van der Waals surface area contributed by atoms with Crippen LogP contribution in [0.5, 0.6) is 0 Å². The molecule has 0 N–H and O–H groups in total. The highest BCUT2D eigenvalue weighted by molar-refractivity contribution is 5.85. The molecule has 0 amide bonds. The molecule has 8 rings (SSSR count). The largest absolute Gasteiger partial charge is 0.208 e. The van der Waals surface area contributed by atoms with E-state index in [1.165, 1.54) is 48.8 Å². The fourth-order valence-electron chi connectivity index (χ4n) is 8.70. The van der Waals surface area contributed by atoms with Gasteiger partial charge in [-0.15, -0.1) is 0 Å². The van der Waals surface area contributed by atoms with Gasteiger partial charge in [-0.2, -0.15) is 5.26 Å². The van der Waals surface area contributed by atoms with E-state index in [1.54, 1.807) is 0 Å². The maximum Gasteiger partial charge on any atom is 0.164 e. The topological polar surface area (TPSA) is 62.5 Å². The summed E-state index contributed by atoms with van der Waals surface area (Å²) in [5.41, 5.74) is 9.78. The van der Waals surface area contributed by atoms with E-state index in [-0.39, 0.29) is 5.41 Å². The third kappa shape index (κ3) is 6.30. The number of rotatable bonds is 6. The van der Waals surface area contributed by atoms with Gasteiger partial charge in [0.2, 0.25) is 0 Å². The molecule has 0 radical (unpaired) electrons. The Balaban J connectivity index is 1.19. The van der Waals surface area contributed by atoms with Crippen LogP contribution in [0.2, 0.25) is 0 Å². The van der Waals surface area contributed by atoms with Gasteiger partial charge in [-0.1, -0.05) is 123 Å². The van der Waals surface area contributed by atoms with E-state index in [0.29, 0.717) is 23.0 Å². The summed E-state index contributed by atoms with van der Waals surface area (Å²) in [7, 11) is 0. The minimum Gasteiger partial charge on any atom is -0.208 e. The maximum absolute atomic E-state index is 9.50. The lowest BCUT2D eigenvalue weighted by molar-refractivity contribution is 0.0899. The second-order valence-corrected chi connectivity index (χ2v) is 14.6. The zero-order chi connectivity index (χ0) is 33.4. The average molecular weight is 637 g/mol. The van der Waals surface area contributed by atoms with Gasteiger partial charge in [-0.25, -0.2) is 15.0 Å². The second-order valence-electron chi connectivity index (χ2n) is 14.6. The van der Waals surface area contributed by atoms with E-state index >= 15 is 0 Å². The third-order valence-electron chi connectivity index (χ3n) is 10.8. The van der Waals surface area contributed by atoms with Crippen LogP contribution < -0.4 is 0 Å². The van der Waals surface area contributed by atoms with Crippen LogP contribution in [0.3, 0.4) is 0 Å². The number of fused-ring (bicyclic) bond motifs is 2. The van der Waals surface area contributed by atoms with Gasteiger partial charge in [-0.05, 0) is 101 Å². The molecular weight excluding hydrogens is 597 g/mol. The Morgan fingerprint density at radius 1 is 0.551 bits per heavy atom. The van der Waals surface area contributed by atoms with Gasteiger partial charge in [0.15, 0.2) is 17.5 Å². The van der Waals surface area contributed by atoms with Crippen molar-refractivity contribution in [1.82, 2.24) is 15.0 Å². The fourth-order valence-corrected chi connectivity index (χ4v) is 8.70. The first-order chi connectivity index (χ1) is 23.9. The molecule has 240 valence electrons. The van der Waals surface area contributed by atoms with Crippen molar-refractivity contribution < 1.29 is 0 Å². The molecule has 2 aliphatic rings. The number of hydrogen-bond donors (Lipinski definition) is 0. The molecule has 2 fully saturated rings. The molecule has 2 saturated carbocycles. The fraction of sp³-hybridized carbons (Fsp3) is 0.244. The van der Waals surface area contributed by atoms with Gasteiger partial charge in [-0.3, -0.25) is 0 Å². The molecule has 2 aliphatic carbocycles. The van der Waals surface area contributed by atoms with Crippen LogP contribution in [0.15, 0.2) is 127 Å². The van der Waals surface area contributed by atoms with Crippen molar-refractivity contribution in [3.8, 4) is 62.5 Å². The van der Waals surface area contributed by atoms with Gasteiger partial charge in [0.25, 0.3) is 0 Å². The van der Waals surface area contributed by atoms with Crippen molar-refractivity contribution in [2.45, 2.75) is 51.4 Å². The van der Waals surface area contributed by atoms with Gasteiger partial charge in [0.1, 0.15) is 0 Å². The average Bonchev–Trinajstić information content (AvgIpc) is 3.14. The van der Waals surface area contributed by atoms with E-state index in [0.717, 1.165) is 45.6 Å². The van der Waals surface area contributed by atoms with Crippen molar-refractivity contribution >= 4 is 0 Å². The summed E-state index contributed by atoms with van der Waals surface area (Å²) < 4.78 is 0. The number of benzene rings is 5. The normalized spacial score (nSPS) is 21.5. The Hall–Kier alpha value is -5.40. The van der Waals surface area contributed by atoms with E-state index < -0.39 is 0 Å². The monoisotopic (exact) mass is 636 g/mol. The van der Waals surface area contributed by atoms with Crippen molar-refractivity contribution in [2.75, 3.05) is 0 Å². The zero-order valence-corrected chi connectivity index (χ0v) is 28.2. The first-order valence-electron chi connectivity index (χ1n) is 17.6. The van der Waals surface area contributed by atoms with Crippen LogP contribution in [0, 0.1) is 29.1 Å². The first kappa shape index (κ1) is 30.9. The Kier molecular flexibility index (Phi) is 8.14. The minimum atomic E-state index is 0.170. The number of nitriles is 1. The van der Waals surface area contributed by atoms with Crippen molar-refractivity contribution in [1.29, 1.82) is 5.26 Å². The molecule has 1 aromatic heterocycles. The maximum atomic E-state index is 9.50. The van der Waals surface area contributed by atoms with E-state index in [4.69, 9.17) is 15.0 Å². The van der Waals surface area contributed by atoms with Crippen LogP contribution in [0.25, 0.3) is 56.4 Å². The van der Waals surface area contributed by atoms with Crippen molar-refractivity contribution in [2.24, 2.45) is 17.8 Å². The molecule has 4 atom stereocenters. The number of nitrogens with zero attached hydrogens (tertiary/aromatic N) is 4. The van der Waals surface area contributed by atoms with Crippen LogP contribution in [0.1, 0.15) is 57.1 Å². The van der Waals surface area contributed by atoms with Gasteiger partial charge < -0.3 is 0 Å². The van der Waals surface area contributed by atoms with Crippen molar-refractivity contribution in [3.05, 3.63) is 139 Å². The highest BCUT2D eigenvalue weighted by Gasteiger charge is 2.42. The minimum absolute atomic E-state index is 0.170. The van der Waals surface area contributed by atoms with Gasteiger partial charge >= 0.3 is 0 Å². The molecule has 1 heterocycles. The summed E-state index contributed by atoms with van der Waals surface area (Å²) in [5, 5.41) is 9.50. The second kappa shape index (κ2) is 12.9. The lowest BCUT2D eigenvalue weighted by Gasteiger charge is -2.47. The Labute approximate surface area is 289 Å². The molecule has 5 aromatic carbocycles. The zero-order valence-electron chi connectivity index (χ0n) is 28.2. The molecule has 3 unspecified atom stereocenters. The quantitative estimate of drug-likeness (QED) is 0.182. The standard InChI is InChI=1S/C45H40N4/c1-30-23-32-25-33(24-30)28-45(2,27-32)39-21-22-40(41(26-39)35-15-13-31(29-46)14-16-35)34-17-19-38(20-18-34)44-48-42(36-9-5-3-6-10-36)47-43(49-44)37-11-7-4-8-12-37/h3-22,26,30,32-33H,23-25,27-28H2,1-2H3/t30?,32-,33?,45?/m1/s1. The highest BCUT2D eigenvalue weighted by atomic mass is 15.0. The predicted molar refractivity (Wildman–Crippen MR) is 198 cm³/mol. The van der Waals surface area contributed by atoms with Gasteiger partial charge in [0.05, 0.1) is 11.6 Å². The lowest BCUT2D eigenvalue weighted by Crippen LogP contribution is -2.38. The van der Waals surface area contributed by atoms with Crippen LogP contribution >= 0.6 is 0 Å². The number of aromatic nitrogens is 3. The lowest BCUT2D eigenvalue weighted by atomic mass is 9.57. The third-order valence-corrected chi connectivity index (χ3v) is 10.8. The molecular formula is C45H40N4. The number of hydrogen-bond acceptors (Lipinski definition) is 4. The SMILES string of the molecule is CC1CC2C[C@@H](C1)CC(C)(c1ccc(-c3ccc(-c4nc(-c5ccccc5)nc(-c5ccccc5)n4)cc3)c(-c3ccc(C#N)cc3)c1)C2. The summed E-state index contributed by atoms with van der Waals surface area (Å²) in [5.74, 6) is 4.44. The van der Waals surface area contributed by atoms with Crippen LogP contribution in [0.4, 0.5) is 0 Å². The van der Waals surface area contributed by atoms with Crippen LogP contribution in [-0.4, -0.2) is 15.0 Å². The van der Waals surface area contributed by atoms with E-state index in [9.17, 15) is 5.26 Å². The predicted octanol–water partition coefficient (Wildman–Crippen LogP) is 11.2. The summed E-state index contributed by atoms with van der Waals surface area (Å²) in [6.07, 6.45) is 6.64.